The molecule has 0 spiro atoms. The van der Waals surface area contributed by atoms with Gasteiger partial charge in [0.1, 0.15) is 0 Å². The summed E-state index contributed by atoms with van der Waals surface area (Å²) in [5.74, 6) is 0.794. The van der Waals surface area contributed by atoms with Gasteiger partial charge in [0, 0.05) is 34.8 Å². The molecule has 4 rings (SSSR count). The molecule has 0 aliphatic carbocycles. The number of ether oxygens (including phenoxy) is 2. The van der Waals surface area contributed by atoms with E-state index in [1.807, 2.05) is 30.3 Å². The van der Waals surface area contributed by atoms with Crippen molar-refractivity contribution in [3.63, 3.8) is 0 Å². The summed E-state index contributed by atoms with van der Waals surface area (Å²) in [7, 11) is 3.15. The molecule has 0 radical (unpaired) electrons. The summed E-state index contributed by atoms with van der Waals surface area (Å²) < 4.78 is 10.6. The van der Waals surface area contributed by atoms with Crippen LogP contribution in [-0.4, -0.2) is 42.5 Å². The molecule has 1 fully saturated rings. The van der Waals surface area contributed by atoms with Crippen LogP contribution in [0.2, 0.25) is 5.02 Å². The molecule has 0 saturated carbocycles. The lowest BCUT2D eigenvalue weighted by atomic mass is 10.1. The minimum atomic E-state index is -0.262. The standard InChI is InChI=1S/C23H21ClN2O4/c1-29-19-7-6-14(10-20(19)30-2)8-9-26-21(27)12-15(23(26)28)11-16-13-25-18-5-3-4-17(24)22(16)18/h3-7,10-11,13,25H,8-9,12H2,1-2H3/b15-11-. The average molecular weight is 425 g/mol. The first-order chi connectivity index (χ1) is 14.5. The number of rotatable bonds is 6. The highest BCUT2D eigenvalue weighted by Gasteiger charge is 2.33. The number of halogens is 1. The number of imide groups is 1. The predicted octanol–water partition coefficient (Wildman–Crippen LogP) is 4.22. The summed E-state index contributed by atoms with van der Waals surface area (Å²) in [6.45, 7) is 0.305. The van der Waals surface area contributed by atoms with Gasteiger partial charge >= 0.3 is 0 Å². The first kappa shape index (κ1) is 20.0. The average Bonchev–Trinajstić information content (AvgIpc) is 3.28. The Kier molecular flexibility index (Phi) is 5.50. The number of fused-ring (bicyclic) bond motifs is 1. The molecule has 2 aromatic carbocycles. The van der Waals surface area contributed by atoms with E-state index in [0.717, 1.165) is 22.0 Å². The quantitative estimate of drug-likeness (QED) is 0.475. The Morgan fingerprint density at radius 2 is 1.93 bits per heavy atom. The second-order valence-electron chi connectivity index (χ2n) is 7.04. The first-order valence-corrected chi connectivity index (χ1v) is 9.91. The molecule has 6 nitrogen and oxygen atoms in total. The number of hydrogen-bond acceptors (Lipinski definition) is 4. The molecule has 1 N–H and O–H groups in total. The van der Waals surface area contributed by atoms with E-state index >= 15 is 0 Å². The number of methoxy groups -OCH3 is 2. The van der Waals surface area contributed by atoms with Gasteiger partial charge in [0.2, 0.25) is 5.91 Å². The van der Waals surface area contributed by atoms with E-state index in [0.29, 0.717) is 35.1 Å². The van der Waals surface area contributed by atoms with Crippen LogP contribution in [0.3, 0.4) is 0 Å². The number of amides is 2. The fourth-order valence-corrected chi connectivity index (χ4v) is 3.99. The predicted molar refractivity (Wildman–Crippen MR) is 116 cm³/mol. The summed E-state index contributed by atoms with van der Waals surface area (Å²) in [4.78, 5) is 29.8. The number of H-pyrrole nitrogens is 1. The van der Waals surface area contributed by atoms with Crippen LogP contribution in [0.25, 0.3) is 17.0 Å². The van der Waals surface area contributed by atoms with E-state index in [2.05, 4.69) is 4.98 Å². The van der Waals surface area contributed by atoms with Crippen molar-refractivity contribution < 1.29 is 19.1 Å². The molecule has 3 aromatic rings. The zero-order chi connectivity index (χ0) is 21.3. The molecule has 1 aliphatic rings. The fraction of sp³-hybridized carbons (Fsp3) is 0.217. The maximum Gasteiger partial charge on any atom is 0.256 e. The lowest BCUT2D eigenvalue weighted by Crippen LogP contribution is -2.31. The Labute approximate surface area is 179 Å². The molecule has 2 amide bonds. The van der Waals surface area contributed by atoms with E-state index in [9.17, 15) is 9.59 Å². The number of nitrogens with one attached hydrogen (secondary N) is 1. The smallest absolute Gasteiger partial charge is 0.256 e. The molecule has 0 atom stereocenters. The highest BCUT2D eigenvalue weighted by Crippen LogP contribution is 2.31. The molecule has 1 saturated heterocycles. The highest BCUT2D eigenvalue weighted by molar-refractivity contribution is 6.36. The number of benzene rings is 2. The summed E-state index contributed by atoms with van der Waals surface area (Å²) in [6, 6.07) is 11.1. The number of carbonyl (C=O) groups is 2. The van der Waals surface area contributed by atoms with E-state index < -0.39 is 0 Å². The molecule has 0 bridgehead atoms. The molecule has 154 valence electrons. The third kappa shape index (κ3) is 3.66. The van der Waals surface area contributed by atoms with Gasteiger partial charge in [-0.3, -0.25) is 14.5 Å². The molecule has 30 heavy (non-hydrogen) atoms. The fourth-order valence-electron chi connectivity index (χ4n) is 3.70. The summed E-state index contributed by atoms with van der Waals surface area (Å²) in [5, 5.41) is 1.44. The van der Waals surface area contributed by atoms with Gasteiger partial charge in [-0.15, -0.1) is 0 Å². The van der Waals surface area contributed by atoms with Gasteiger partial charge in [-0.1, -0.05) is 23.7 Å². The molecule has 2 heterocycles. The van der Waals surface area contributed by atoms with Crippen LogP contribution in [0.15, 0.2) is 48.2 Å². The van der Waals surface area contributed by atoms with Crippen LogP contribution >= 0.6 is 11.6 Å². The van der Waals surface area contributed by atoms with Crippen molar-refractivity contribution in [1.29, 1.82) is 0 Å². The Morgan fingerprint density at radius 3 is 2.70 bits per heavy atom. The molecule has 1 aromatic heterocycles. The first-order valence-electron chi connectivity index (χ1n) is 9.53. The largest absolute Gasteiger partial charge is 0.493 e. The third-order valence-corrected chi connectivity index (χ3v) is 5.56. The van der Waals surface area contributed by atoms with Crippen LogP contribution in [0.5, 0.6) is 11.5 Å². The van der Waals surface area contributed by atoms with Gasteiger partial charge in [-0.05, 0) is 42.3 Å². The number of aromatic nitrogens is 1. The van der Waals surface area contributed by atoms with Gasteiger partial charge in [-0.2, -0.15) is 0 Å². The van der Waals surface area contributed by atoms with Gasteiger partial charge in [0.25, 0.3) is 5.91 Å². The Balaban J connectivity index is 1.52. The van der Waals surface area contributed by atoms with Crippen molar-refractivity contribution in [2.75, 3.05) is 20.8 Å². The van der Waals surface area contributed by atoms with Crippen molar-refractivity contribution in [3.05, 3.63) is 64.3 Å². The maximum atomic E-state index is 12.9. The van der Waals surface area contributed by atoms with Crippen molar-refractivity contribution in [2.45, 2.75) is 12.8 Å². The van der Waals surface area contributed by atoms with E-state index in [1.165, 1.54) is 4.90 Å². The second kappa shape index (κ2) is 8.24. The molecule has 7 heteroatoms. The van der Waals surface area contributed by atoms with Gasteiger partial charge in [-0.25, -0.2) is 0 Å². The number of likely N-dealkylation sites (tertiary alicyclic amines) is 1. The Hall–Kier alpha value is -3.25. The van der Waals surface area contributed by atoms with Crippen LogP contribution in [0.4, 0.5) is 0 Å². The molecule has 0 unspecified atom stereocenters. The normalized spacial score (nSPS) is 15.4. The lowest BCUT2D eigenvalue weighted by Gasteiger charge is -2.14. The number of carbonyl (C=O) groups excluding carboxylic acids is 2. The molecular formula is C23H21ClN2O4. The Morgan fingerprint density at radius 1 is 1.13 bits per heavy atom. The summed E-state index contributed by atoms with van der Waals surface area (Å²) in [6.07, 6.45) is 4.17. The van der Waals surface area contributed by atoms with E-state index in [-0.39, 0.29) is 18.2 Å². The Bertz CT molecular complexity index is 1170. The number of aromatic amines is 1. The summed E-state index contributed by atoms with van der Waals surface area (Å²) in [5.41, 5.74) is 3.10. The second-order valence-corrected chi connectivity index (χ2v) is 7.45. The monoisotopic (exact) mass is 424 g/mol. The van der Waals surface area contributed by atoms with Gasteiger partial charge < -0.3 is 14.5 Å². The van der Waals surface area contributed by atoms with E-state index in [4.69, 9.17) is 21.1 Å². The maximum absolute atomic E-state index is 12.9. The molecular weight excluding hydrogens is 404 g/mol. The van der Waals surface area contributed by atoms with Crippen molar-refractivity contribution in [1.82, 2.24) is 9.88 Å². The van der Waals surface area contributed by atoms with Crippen LogP contribution in [0, 0.1) is 0 Å². The summed E-state index contributed by atoms with van der Waals surface area (Å²) >= 11 is 6.32. The topological polar surface area (TPSA) is 71.6 Å². The van der Waals surface area contributed by atoms with Crippen molar-refractivity contribution >= 4 is 40.4 Å². The molecule has 1 aliphatic heterocycles. The minimum absolute atomic E-state index is 0.0852. The zero-order valence-corrected chi connectivity index (χ0v) is 17.5. The number of nitrogens with zero attached hydrogens (tertiary/aromatic N) is 1. The third-order valence-electron chi connectivity index (χ3n) is 5.25. The van der Waals surface area contributed by atoms with Gasteiger partial charge in [0.15, 0.2) is 11.5 Å². The minimum Gasteiger partial charge on any atom is -0.493 e. The zero-order valence-electron chi connectivity index (χ0n) is 16.7. The van der Waals surface area contributed by atoms with Crippen LogP contribution < -0.4 is 9.47 Å². The lowest BCUT2D eigenvalue weighted by molar-refractivity contribution is -0.137. The number of hydrogen-bond donors (Lipinski definition) is 1. The van der Waals surface area contributed by atoms with Gasteiger partial charge in [0.05, 0.1) is 25.7 Å². The van der Waals surface area contributed by atoms with Crippen molar-refractivity contribution in [3.8, 4) is 11.5 Å². The highest BCUT2D eigenvalue weighted by atomic mass is 35.5. The van der Waals surface area contributed by atoms with E-state index in [1.54, 1.807) is 32.6 Å². The van der Waals surface area contributed by atoms with Crippen LogP contribution in [0.1, 0.15) is 17.5 Å². The van der Waals surface area contributed by atoms with Crippen molar-refractivity contribution in [2.24, 2.45) is 0 Å². The SMILES string of the molecule is COc1ccc(CCN2C(=O)C/C(=C/c3c[nH]c4cccc(Cl)c34)C2=O)cc1OC. The van der Waals surface area contributed by atoms with Crippen LogP contribution in [-0.2, 0) is 16.0 Å².